The lowest BCUT2D eigenvalue weighted by Crippen LogP contribution is -2.15. The quantitative estimate of drug-likeness (QED) is 0.682. The molecule has 0 unspecified atom stereocenters. The molecule has 0 heterocycles. The predicted octanol–water partition coefficient (Wildman–Crippen LogP) is 3.92. The molecule has 0 aromatic heterocycles. The van der Waals surface area contributed by atoms with E-state index in [1.807, 2.05) is 6.92 Å². The number of aryl methyl sites for hydroxylation is 1. The zero-order valence-corrected chi connectivity index (χ0v) is 16.5. The van der Waals surface area contributed by atoms with Gasteiger partial charge < -0.3 is 4.74 Å². The lowest BCUT2D eigenvalue weighted by Gasteiger charge is -2.12. The fourth-order valence-electron chi connectivity index (χ4n) is 2.37. The minimum absolute atomic E-state index is 0.160. The molecule has 0 amide bonds. The fraction of sp³-hybridized carbons (Fsp3) is 0.278. The third kappa shape index (κ3) is 5.31. The average Bonchev–Trinajstić information content (AvgIpc) is 2.56. The van der Waals surface area contributed by atoms with Gasteiger partial charge >= 0.3 is 5.97 Å². The monoisotopic (exact) mass is 425 g/mol. The van der Waals surface area contributed by atoms with E-state index in [-0.39, 0.29) is 17.3 Å². The second kappa shape index (κ2) is 8.49. The van der Waals surface area contributed by atoms with Crippen molar-refractivity contribution in [2.45, 2.75) is 31.6 Å². The van der Waals surface area contributed by atoms with Crippen molar-refractivity contribution in [3.63, 3.8) is 0 Å². The third-order valence-corrected chi connectivity index (χ3v) is 5.53. The minimum atomic E-state index is -3.68. The molecule has 0 aliphatic carbocycles. The van der Waals surface area contributed by atoms with Crippen LogP contribution in [0.1, 0.15) is 25.0 Å². The maximum absolute atomic E-state index is 12.6. The molecular weight excluding hydrogens is 406 g/mol. The highest BCUT2D eigenvalue weighted by atomic mass is 79.9. The first-order chi connectivity index (χ1) is 11.9. The third-order valence-electron chi connectivity index (χ3n) is 3.55. The van der Waals surface area contributed by atoms with Crippen LogP contribution in [0.5, 0.6) is 0 Å². The normalized spacial score (nSPS) is 11.2. The van der Waals surface area contributed by atoms with E-state index in [1.54, 1.807) is 49.4 Å². The van der Waals surface area contributed by atoms with Gasteiger partial charge in [-0.2, -0.15) is 0 Å². The van der Waals surface area contributed by atoms with Crippen LogP contribution in [0.15, 0.2) is 51.8 Å². The summed E-state index contributed by atoms with van der Waals surface area (Å²) in [6, 6.07) is 11.8. The number of esters is 1. The molecule has 7 heteroatoms. The van der Waals surface area contributed by atoms with Gasteiger partial charge in [-0.15, -0.1) is 0 Å². The van der Waals surface area contributed by atoms with Crippen LogP contribution in [-0.2, 0) is 32.4 Å². The number of carbonyl (C=O) groups is 1. The number of anilines is 1. The van der Waals surface area contributed by atoms with Crippen molar-refractivity contribution in [1.82, 2.24) is 0 Å². The van der Waals surface area contributed by atoms with Crippen molar-refractivity contribution in [2.24, 2.45) is 0 Å². The zero-order valence-electron chi connectivity index (χ0n) is 14.1. The Morgan fingerprint density at radius 1 is 1.12 bits per heavy atom. The molecule has 0 atom stereocenters. The van der Waals surface area contributed by atoms with Crippen molar-refractivity contribution in [3.05, 3.63) is 58.1 Å². The van der Waals surface area contributed by atoms with Crippen molar-refractivity contribution >= 4 is 37.6 Å². The average molecular weight is 426 g/mol. The summed E-state index contributed by atoms with van der Waals surface area (Å²) >= 11 is 3.36. The highest BCUT2D eigenvalue weighted by Gasteiger charge is 2.18. The molecule has 1 N–H and O–H groups in total. The van der Waals surface area contributed by atoms with Crippen LogP contribution in [0, 0.1) is 0 Å². The van der Waals surface area contributed by atoms with Crippen LogP contribution in [0.3, 0.4) is 0 Å². The highest BCUT2D eigenvalue weighted by molar-refractivity contribution is 9.10. The molecule has 0 radical (unpaired) electrons. The number of sulfonamides is 1. The first-order valence-electron chi connectivity index (χ1n) is 7.91. The summed E-state index contributed by atoms with van der Waals surface area (Å²) in [5, 5.41) is 0. The molecule has 0 spiro atoms. The summed E-state index contributed by atoms with van der Waals surface area (Å²) in [4.78, 5) is 11.7. The lowest BCUT2D eigenvalue weighted by molar-refractivity contribution is -0.142. The zero-order chi connectivity index (χ0) is 18.4. The molecule has 0 saturated heterocycles. The summed E-state index contributed by atoms with van der Waals surface area (Å²) in [6.45, 7) is 4.00. The van der Waals surface area contributed by atoms with Gasteiger partial charge in [0.05, 0.1) is 17.9 Å². The van der Waals surface area contributed by atoms with E-state index in [4.69, 9.17) is 4.74 Å². The Kier molecular flexibility index (Phi) is 6.61. The SMILES string of the molecule is CCOC(=O)Cc1ccc(NS(=O)(=O)c2ccc(Br)cc2CC)cc1. The molecule has 2 rings (SSSR count). The number of benzene rings is 2. The number of hydrogen-bond acceptors (Lipinski definition) is 4. The maximum atomic E-state index is 12.6. The fourth-order valence-corrected chi connectivity index (χ4v) is 4.13. The number of rotatable bonds is 7. The van der Waals surface area contributed by atoms with E-state index in [1.165, 1.54) is 0 Å². The number of halogens is 1. The van der Waals surface area contributed by atoms with E-state index >= 15 is 0 Å². The van der Waals surface area contributed by atoms with Gasteiger partial charge in [0, 0.05) is 10.2 Å². The molecule has 2 aromatic rings. The van der Waals surface area contributed by atoms with Gasteiger partial charge in [0.2, 0.25) is 0 Å². The van der Waals surface area contributed by atoms with E-state index < -0.39 is 10.0 Å². The first kappa shape index (κ1) is 19.5. The van der Waals surface area contributed by atoms with E-state index in [0.717, 1.165) is 15.6 Å². The largest absolute Gasteiger partial charge is 0.466 e. The predicted molar refractivity (Wildman–Crippen MR) is 101 cm³/mol. The second-order valence-electron chi connectivity index (χ2n) is 5.39. The highest BCUT2D eigenvalue weighted by Crippen LogP contribution is 2.24. The number of nitrogens with one attached hydrogen (secondary N) is 1. The Labute approximate surface area is 156 Å². The van der Waals surface area contributed by atoms with Gasteiger partial charge in [0.15, 0.2) is 0 Å². The molecule has 5 nitrogen and oxygen atoms in total. The Hall–Kier alpha value is -1.86. The molecule has 0 aliphatic heterocycles. The number of hydrogen-bond donors (Lipinski definition) is 1. The molecule has 0 aliphatic rings. The van der Waals surface area contributed by atoms with Gasteiger partial charge in [-0.25, -0.2) is 8.42 Å². The number of ether oxygens (including phenoxy) is 1. The van der Waals surface area contributed by atoms with Gasteiger partial charge in [0.1, 0.15) is 0 Å². The Morgan fingerprint density at radius 2 is 1.80 bits per heavy atom. The topological polar surface area (TPSA) is 72.5 Å². The standard InChI is InChI=1S/C18H20BrNO4S/c1-3-14-12-15(19)7-10-17(14)25(22,23)20-16-8-5-13(6-9-16)11-18(21)24-4-2/h5-10,12,20H,3-4,11H2,1-2H3. The molecule has 2 aromatic carbocycles. The lowest BCUT2D eigenvalue weighted by atomic mass is 10.1. The molecule has 0 bridgehead atoms. The van der Waals surface area contributed by atoms with Crippen molar-refractivity contribution < 1.29 is 17.9 Å². The molecular formula is C18H20BrNO4S. The summed E-state index contributed by atoms with van der Waals surface area (Å²) in [6.07, 6.45) is 0.766. The molecule has 0 fully saturated rings. The summed E-state index contributed by atoms with van der Waals surface area (Å²) in [5.74, 6) is -0.307. The smallest absolute Gasteiger partial charge is 0.310 e. The van der Waals surface area contributed by atoms with E-state index in [9.17, 15) is 13.2 Å². The summed E-state index contributed by atoms with van der Waals surface area (Å²) in [5.41, 5.74) is 1.94. The number of carbonyl (C=O) groups excluding carboxylic acids is 1. The van der Waals surface area contributed by atoms with Crippen LogP contribution in [0.4, 0.5) is 5.69 Å². The second-order valence-corrected chi connectivity index (χ2v) is 7.96. The van der Waals surface area contributed by atoms with Crippen LogP contribution < -0.4 is 4.72 Å². The van der Waals surface area contributed by atoms with E-state index in [0.29, 0.717) is 18.7 Å². The Bertz CT molecular complexity index is 848. The van der Waals surface area contributed by atoms with Crippen molar-refractivity contribution in [1.29, 1.82) is 0 Å². The van der Waals surface area contributed by atoms with Crippen LogP contribution in [-0.4, -0.2) is 21.0 Å². The summed E-state index contributed by atoms with van der Waals surface area (Å²) < 4.78 is 33.6. The van der Waals surface area contributed by atoms with Gasteiger partial charge in [-0.1, -0.05) is 35.0 Å². The maximum Gasteiger partial charge on any atom is 0.310 e. The van der Waals surface area contributed by atoms with E-state index in [2.05, 4.69) is 20.7 Å². The van der Waals surface area contributed by atoms with Crippen molar-refractivity contribution in [3.8, 4) is 0 Å². The summed E-state index contributed by atoms with van der Waals surface area (Å²) in [7, 11) is -3.68. The van der Waals surface area contributed by atoms with Gasteiger partial charge in [0.25, 0.3) is 10.0 Å². The van der Waals surface area contributed by atoms with Gasteiger partial charge in [-0.05, 0) is 54.8 Å². The minimum Gasteiger partial charge on any atom is -0.466 e. The molecule has 0 saturated carbocycles. The first-order valence-corrected chi connectivity index (χ1v) is 10.2. The van der Waals surface area contributed by atoms with Crippen LogP contribution >= 0.6 is 15.9 Å². The van der Waals surface area contributed by atoms with Gasteiger partial charge in [-0.3, -0.25) is 9.52 Å². The Morgan fingerprint density at radius 3 is 2.40 bits per heavy atom. The van der Waals surface area contributed by atoms with Crippen LogP contribution in [0.25, 0.3) is 0 Å². The van der Waals surface area contributed by atoms with Crippen LogP contribution in [0.2, 0.25) is 0 Å². The van der Waals surface area contributed by atoms with Crippen molar-refractivity contribution in [2.75, 3.05) is 11.3 Å². The molecule has 25 heavy (non-hydrogen) atoms. The Balaban J connectivity index is 2.17. The molecule has 134 valence electrons.